The van der Waals surface area contributed by atoms with Crippen LogP contribution in [0.1, 0.15) is 12.8 Å². The van der Waals surface area contributed by atoms with E-state index in [0.717, 1.165) is 19.2 Å². The highest BCUT2D eigenvalue weighted by molar-refractivity contribution is 4.89. The summed E-state index contributed by atoms with van der Waals surface area (Å²) in [5.41, 5.74) is 5.79. The van der Waals surface area contributed by atoms with E-state index in [0.29, 0.717) is 12.6 Å². The molecule has 2 aliphatic heterocycles. The van der Waals surface area contributed by atoms with Gasteiger partial charge in [0.2, 0.25) is 0 Å². The van der Waals surface area contributed by atoms with Crippen LogP contribution in [0, 0.1) is 0 Å². The topological polar surface area (TPSA) is 41.7 Å². The number of nitrogens with zero attached hydrogens (tertiary/aromatic N) is 2. The van der Waals surface area contributed by atoms with Gasteiger partial charge in [-0.2, -0.15) is 0 Å². The number of hydrogen-bond donors (Lipinski definition) is 1. The van der Waals surface area contributed by atoms with Gasteiger partial charge in [-0.05, 0) is 19.4 Å². The van der Waals surface area contributed by atoms with Crippen molar-refractivity contribution in [3.8, 4) is 0 Å². The van der Waals surface area contributed by atoms with Crippen molar-refractivity contribution in [1.29, 1.82) is 0 Å². The lowest BCUT2D eigenvalue weighted by atomic mass is 10.1. The molecule has 15 heavy (non-hydrogen) atoms. The number of hydrogen-bond acceptors (Lipinski definition) is 4. The van der Waals surface area contributed by atoms with E-state index in [1.807, 2.05) is 0 Å². The molecule has 2 fully saturated rings. The second-order valence-electron chi connectivity index (χ2n) is 4.67. The quantitative estimate of drug-likeness (QED) is 0.698. The van der Waals surface area contributed by atoms with Crippen molar-refractivity contribution >= 4 is 0 Å². The van der Waals surface area contributed by atoms with Crippen molar-refractivity contribution in [2.45, 2.75) is 24.9 Å². The fourth-order valence-electron chi connectivity index (χ4n) is 2.86. The molecule has 2 aliphatic rings. The van der Waals surface area contributed by atoms with Crippen LogP contribution in [0.25, 0.3) is 0 Å². The maximum absolute atomic E-state index is 5.79. The van der Waals surface area contributed by atoms with E-state index < -0.39 is 0 Å². The van der Waals surface area contributed by atoms with E-state index in [2.05, 4.69) is 9.80 Å². The molecule has 0 amide bonds. The normalized spacial score (nSPS) is 30.4. The standard InChI is InChI=1S/C11H23N3O/c1-15-9-11(7-12)14-6-5-13-4-2-3-10(13)8-14/h10-11H,2-9,12H2,1H3. The molecule has 2 saturated heterocycles. The molecule has 2 atom stereocenters. The number of rotatable bonds is 4. The Morgan fingerprint density at radius 3 is 3.00 bits per heavy atom. The van der Waals surface area contributed by atoms with Crippen molar-refractivity contribution in [1.82, 2.24) is 9.80 Å². The zero-order valence-corrected chi connectivity index (χ0v) is 9.69. The van der Waals surface area contributed by atoms with Gasteiger partial charge >= 0.3 is 0 Å². The fraction of sp³-hybridized carbons (Fsp3) is 1.00. The largest absolute Gasteiger partial charge is 0.383 e. The first-order valence-electron chi connectivity index (χ1n) is 6.02. The summed E-state index contributed by atoms with van der Waals surface area (Å²) >= 11 is 0. The maximum Gasteiger partial charge on any atom is 0.0630 e. The first kappa shape index (κ1) is 11.3. The van der Waals surface area contributed by atoms with E-state index in [9.17, 15) is 0 Å². The van der Waals surface area contributed by atoms with Crippen molar-refractivity contribution in [3.63, 3.8) is 0 Å². The summed E-state index contributed by atoms with van der Waals surface area (Å²) in [6.07, 6.45) is 2.73. The predicted molar refractivity (Wildman–Crippen MR) is 60.9 cm³/mol. The van der Waals surface area contributed by atoms with Gasteiger partial charge in [0.1, 0.15) is 0 Å². The molecule has 2 unspecified atom stereocenters. The summed E-state index contributed by atoms with van der Waals surface area (Å²) in [5.74, 6) is 0. The minimum absolute atomic E-state index is 0.415. The Kier molecular flexibility index (Phi) is 3.97. The summed E-state index contributed by atoms with van der Waals surface area (Å²) in [6.45, 7) is 6.33. The second-order valence-corrected chi connectivity index (χ2v) is 4.67. The Morgan fingerprint density at radius 2 is 2.27 bits per heavy atom. The van der Waals surface area contributed by atoms with Crippen molar-refractivity contribution < 1.29 is 4.74 Å². The number of fused-ring (bicyclic) bond motifs is 1. The monoisotopic (exact) mass is 213 g/mol. The molecular weight excluding hydrogens is 190 g/mol. The van der Waals surface area contributed by atoms with E-state index in [1.54, 1.807) is 7.11 Å². The van der Waals surface area contributed by atoms with Crippen LogP contribution in [0.5, 0.6) is 0 Å². The van der Waals surface area contributed by atoms with Crippen LogP contribution in [0.15, 0.2) is 0 Å². The van der Waals surface area contributed by atoms with Gasteiger partial charge in [0.05, 0.1) is 6.61 Å². The van der Waals surface area contributed by atoms with E-state index in [1.165, 1.54) is 32.5 Å². The Bertz CT molecular complexity index is 200. The van der Waals surface area contributed by atoms with Crippen LogP contribution >= 0.6 is 0 Å². The van der Waals surface area contributed by atoms with Crippen LogP contribution in [0.2, 0.25) is 0 Å². The highest BCUT2D eigenvalue weighted by Gasteiger charge is 2.32. The highest BCUT2D eigenvalue weighted by Crippen LogP contribution is 2.22. The molecule has 2 rings (SSSR count). The molecule has 0 aliphatic carbocycles. The molecule has 0 bridgehead atoms. The van der Waals surface area contributed by atoms with Crippen molar-refractivity contribution in [2.75, 3.05) is 46.4 Å². The van der Waals surface area contributed by atoms with Gasteiger partial charge in [0.15, 0.2) is 0 Å². The van der Waals surface area contributed by atoms with Crippen LogP contribution < -0.4 is 5.73 Å². The summed E-state index contributed by atoms with van der Waals surface area (Å²) in [7, 11) is 1.76. The smallest absolute Gasteiger partial charge is 0.0630 e. The van der Waals surface area contributed by atoms with Gasteiger partial charge in [-0.15, -0.1) is 0 Å². The number of nitrogens with two attached hydrogens (primary N) is 1. The lowest BCUT2D eigenvalue weighted by Gasteiger charge is -2.41. The summed E-state index contributed by atoms with van der Waals surface area (Å²) in [5, 5.41) is 0. The average Bonchev–Trinajstić information content (AvgIpc) is 2.72. The number of ether oxygens (including phenoxy) is 1. The Balaban J connectivity index is 1.87. The molecule has 0 aromatic heterocycles. The molecule has 88 valence electrons. The molecule has 0 aromatic rings. The molecule has 0 saturated carbocycles. The van der Waals surface area contributed by atoms with Gasteiger partial charge in [0, 0.05) is 45.4 Å². The van der Waals surface area contributed by atoms with E-state index in [4.69, 9.17) is 10.5 Å². The maximum atomic E-state index is 5.79. The van der Waals surface area contributed by atoms with E-state index in [-0.39, 0.29) is 0 Å². The Hall–Kier alpha value is -0.160. The van der Waals surface area contributed by atoms with Crippen molar-refractivity contribution in [2.24, 2.45) is 5.73 Å². The fourth-order valence-corrected chi connectivity index (χ4v) is 2.86. The molecule has 0 spiro atoms. The summed E-state index contributed by atoms with van der Waals surface area (Å²) < 4.78 is 5.22. The predicted octanol–water partition coefficient (Wildman–Crippen LogP) is -0.260. The minimum atomic E-state index is 0.415. The van der Waals surface area contributed by atoms with Crippen LogP contribution in [0.4, 0.5) is 0 Å². The van der Waals surface area contributed by atoms with Crippen LogP contribution in [-0.4, -0.2) is 68.3 Å². The molecule has 4 nitrogen and oxygen atoms in total. The third kappa shape index (κ3) is 2.50. The second kappa shape index (κ2) is 5.25. The lowest BCUT2D eigenvalue weighted by molar-refractivity contribution is 0.0375. The van der Waals surface area contributed by atoms with Gasteiger partial charge in [-0.1, -0.05) is 0 Å². The zero-order chi connectivity index (χ0) is 10.7. The van der Waals surface area contributed by atoms with Gasteiger partial charge < -0.3 is 10.5 Å². The van der Waals surface area contributed by atoms with Gasteiger partial charge in [0.25, 0.3) is 0 Å². The summed E-state index contributed by atoms with van der Waals surface area (Å²) in [6, 6.07) is 1.20. The molecule has 2 N–H and O–H groups in total. The third-order valence-corrected chi connectivity index (χ3v) is 3.77. The Morgan fingerprint density at radius 1 is 1.40 bits per heavy atom. The summed E-state index contributed by atoms with van der Waals surface area (Å²) in [4.78, 5) is 5.13. The minimum Gasteiger partial charge on any atom is -0.383 e. The molecule has 0 aromatic carbocycles. The number of piperazine rings is 1. The molecule has 4 heteroatoms. The van der Waals surface area contributed by atoms with Gasteiger partial charge in [-0.3, -0.25) is 9.80 Å². The first-order valence-corrected chi connectivity index (χ1v) is 6.02. The Labute approximate surface area is 92.4 Å². The van der Waals surface area contributed by atoms with Gasteiger partial charge in [-0.25, -0.2) is 0 Å². The highest BCUT2D eigenvalue weighted by atomic mass is 16.5. The lowest BCUT2D eigenvalue weighted by Crippen LogP contribution is -2.56. The van der Waals surface area contributed by atoms with E-state index >= 15 is 0 Å². The number of methoxy groups -OCH3 is 1. The first-order chi connectivity index (χ1) is 7.35. The van der Waals surface area contributed by atoms with Crippen molar-refractivity contribution in [3.05, 3.63) is 0 Å². The SMILES string of the molecule is COCC(CN)N1CCN2CCCC2C1. The molecule has 0 radical (unpaired) electrons. The average molecular weight is 213 g/mol. The zero-order valence-electron chi connectivity index (χ0n) is 9.69. The molecule has 2 heterocycles. The third-order valence-electron chi connectivity index (χ3n) is 3.77. The molecular formula is C11H23N3O. The van der Waals surface area contributed by atoms with Crippen LogP contribution in [-0.2, 0) is 4.74 Å². The van der Waals surface area contributed by atoms with Crippen LogP contribution in [0.3, 0.4) is 0 Å².